The number of ether oxygens (including phenoxy) is 1. The highest BCUT2D eigenvalue weighted by Crippen LogP contribution is 2.43. The fourth-order valence-electron chi connectivity index (χ4n) is 3.63. The zero-order chi connectivity index (χ0) is 20.1. The van der Waals surface area contributed by atoms with Gasteiger partial charge in [-0.2, -0.15) is 9.97 Å². The van der Waals surface area contributed by atoms with E-state index in [0.717, 1.165) is 19.3 Å². The van der Waals surface area contributed by atoms with Crippen molar-refractivity contribution in [1.82, 2.24) is 19.5 Å². The second-order valence-corrected chi connectivity index (χ2v) is 7.77. The Balaban J connectivity index is 1.80. The summed E-state index contributed by atoms with van der Waals surface area (Å²) in [4.78, 5) is 15.7. The average Bonchev–Trinajstić information content (AvgIpc) is 3.41. The minimum Gasteiger partial charge on any atom is -0.394 e. The molecule has 0 amide bonds. The third kappa shape index (κ3) is 3.09. The summed E-state index contributed by atoms with van der Waals surface area (Å²) in [5.74, 6) is 1.12. The third-order valence-electron chi connectivity index (χ3n) is 5.51. The van der Waals surface area contributed by atoms with Crippen molar-refractivity contribution in [2.24, 2.45) is 0 Å². The molecular formula is C18H27FN6O3. The maximum Gasteiger partial charge on any atom is 0.226 e. The first kappa shape index (κ1) is 19.3. The molecule has 0 unspecified atom stereocenters. The minimum absolute atomic E-state index is 0.414. The van der Waals surface area contributed by atoms with Crippen LogP contribution < -0.4 is 10.2 Å². The molecule has 0 radical (unpaired) electrons. The van der Waals surface area contributed by atoms with Gasteiger partial charge in [-0.05, 0) is 26.2 Å². The Labute approximate surface area is 162 Å². The van der Waals surface area contributed by atoms with E-state index in [-0.39, 0.29) is 0 Å². The normalized spacial score (nSPS) is 30.1. The molecule has 4 rings (SSSR count). The highest BCUT2D eigenvalue weighted by molar-refractivity contribution is 5.85. The number of anilines is 2. The van der Waals surface area contributed by atoms with Crippen molar-refractivity contribution in [3.05, 3.63) is 6.33 Å². The summed E-state index contributed by atoms with van der Waals surface area (Å²) in [6.07, 6.45) is 0.948. The van der Waals surface area contributed by atoms with Gasteiger partial charge in [-0.1, -0.05) is 6.92 Å². The van der Waals surface area contributed by atoms with Crippen molar-refractivity contribution in [3.63, 3.8) is 0 Å². The molecule has 0 aromatic carbocycles. The van der Waals surface area contributed by atoms with Crippen molar-refractivity contribution in [1.29, 1.82) is 0 Å². The molecule has 28 heavy (non-hydrogen) atoms. The number of aromatic nitrogens is 4. The number of hydrogen-bond donors (Lipinski definition) is 3. The standard InChI is InChI=1S/C18H27FN6O3/c1-4-7-20-17-22-14(24(3)10-5-6-10)12-15(23-17)25(9-21-12)16-18(2,19)13(27)11(8-26)28-16/h9-11,13,16,26-27H,4-8H2,1-3H3,(H,20,22,23)/t11-,13-,16-,18-/m1/s1. The second-order valence-electron chi connectivity index (χ2n) is 7.77. The smallest absolute Gasteiger partial charge is 0.226 e. The highest BCUT2D eigenvalue weighted by Gasteiger charge is 2.55. The van der Waals surface area contributed by atoms with Crippen LogP contribution in [-0.4, -0.2) is 73.8 Å². The van der Waals surface area contributed by atoms with Crippen LogP contribution in [0.2, 0.25) is 0 Å². The lowest BCUT2D eigenvalue weighted by atomic mass is 9.98. The van der Waals surface area contributed by atoms with E-state index in [1.54, 1.807) is 0 Å². The molecule has 0 spiro atoms. The summed E-state index contributed by atoms with van der Waals surface area (Å²) in [6.45, 7) is 3.54. The second kappa shape index (κ2) is 7.09. The Kier molecular flexibility index (Phi) is 4.88. The predicted octanol–water partition coefficient (Wildman–Crippen LogP) is 1.23. The SMILES string of the molecule is CCCNc1nc(N(C)C2CC2)c2ncn([C@@H]3O[C@H](CO)[C@@H](O)[C@@]3(C)F)c2n1. The molecule has 2 aromatic rings. The van der Waals surface area contributed by atoms with Gasteiger partial charge in [-0.15, -0.1) is 0 Å². The van der Waals surface area contributed by atoms with E-state index in [2.05, 4.69) is 25.2 Å². The first-order chi connectivity index (χ1) is 13.4. The molecule has 2 aliphatic rings. The number of hydrogen-bond acceptors (Lipinski definition) is 8. The molecule has 1 saturated heterocycles. The fraction of sp³-hybridized carbons (Fsp3) is 0.722. The molecule has 1 aliphatic carbocycles. The summed E-state index contributed by atoms with van der Waals surface area (Å²) >= 11 is 0. The summed E-state index contributed by atoms with van der Waals surface area (Å²) in [5, 5.41) is 22.8. The van der Waals surface area contributed by atoms with Crippen LogP contribution in [0.5, 0.6) is 0 Å². The molecule has 4 atom stereocenters. The first-order valence-corrected chi connectivity index (χ1v) is 9.73. The van der Waals surface area contributed by atoms with Crippen LogP contribution in [0.1, 0.15) is 39.3 Å². The summed E-state index contributed by atoms with van der Waals surface area (Å²) in [7, 11) is 1.97. The van der Waals surface area contributed by atoms with Crippen molar-refractivity contribution < 1.29 is 19.3 Å². The van der Waals surface area contributed by atoms with Crippen molar-refractivity contribution in [2.75, 3.05) is 30.4 Å². The van der Waals surface area contributed by atoms with E-state index in [4.69, 9.17) is 4.74 Å². The minimum atomic E-state index is -2.11. The van der Waals surface area contributed by atoms with Crippen LogP contribution in [0.4, 0.5) is 16.2 Å². The molecule has 3 N–H and O–H groups in total. The number of alkyl halides is 1. The van der Waals surface area contributed by atoms with E-state index in [0.29, 0.717) is 35.5 Å². The predicted molar refractivity (Wildman–Crippen MR) is 102 cm³/mol. The maximum atomic E-state index is 15.3. The van der Waals surface area contributed by atoms with Crippen LogP contribution in [0.3, 0.4) is 0 Å². The molecule has 1 saturated carbocycles. The largest absolute Gasteiger partial charge is 0.394 e. The third-order valence-corrected chi connectivity index (χ3v) is 5.51. The Bertz CT molecular complexity index is 855. The summed E-state index contributed by atoms with van der Waals surface area (Å²) in [5.41, 5.74) is -1.13. The molecule has 3 heterocycles. The van der Waals surface area contributed by atoms with Gasteiger partial charge in [0.15, 0.2) is 28.9 Å². The van der Waals surface area contributed by atoms with E-state index < -0.39 is 30.7 Å². The molecule has 9 nitrogen and oxygen atoms in total. The van der Waals surface area contributed by atoms with Gasteiger partial charge in [-0.25, -0.2) is 9.37 Å². The summed E-state index contributed by atoms with van der Waals surface area (Å²) < 4.78 is 22.4. The number of rotatable bonds is 7. The fourth-order valence-corrected chi connectivity index (χ4v) is 3.63. The number of halogens is 1. The van der Waals surface area contributed by atoms with Gasteiger partial charge in [0.05, 0.1) is 12.9 Å². The van der Waals surface area contributed by atoms with E-state index in [1.165, 1.54) is 17.8 Å². The number of nitrogens with one attached hydrogen (secondary N) is 1. The number of fused-ring (bicyclic) bond motifs is 1. The van der Waals surface area contributed by atoms with Gasteiger partial charge in [0.25, 0.3) is 0 Å². The van der Waals surface area contributed by atoms with Crippen molar-refractivity contribution in [2.45, 2.75) is 63.3 Å². The molecule has 2 fully saturated rings. The van der Waals surface area contributed by atoms with E-state index in [1.807, 2.05) is 14.0 Å². The van der Waals surface area contributed by atoms with Gasteiger partial charge >= 0.3 is 0 Å². The van der Waals surface area contributed by atoms with Gasteiger partial charge < -0.3 is 25.2 Å². The van der Waals surface area contributed by atoms with Crippen LogP contribution in [0.15, 0.2) is 6.33 Å². The molecule has 2 aromatic heterocycles. The first-order valence-electron chi connectivity index (χ1n) is 9.73. The number of imidazole rings is 1. The Morgan fingerprint density at radius 2 is 2.18 bits per heavy atom. The number of aliphatic hydroxyl groups excluding tert-OH is 2. The molecule has 0 bridgehead atoms. The lowest BCUT2D eigenvalue weighted by molar-refractivity contribution is -0.0566. The Hall–Kier alpha value is -2.04. The van der Waals surface area contributed by atoms with Gasteiger partial charge in [-0.3, -0.25) is 4.57 Å². The van der Waals surface area contributed by atoms with Gasteiger partial charge in [0.1, 0.15) is 12.2 Å². The Morgan fingerprint density at radius 3 is 2.79 bits per heavy atom. The molecule has 1 aliphatic heterocycles. The van der Waals surface area contributed by atoms with Crippen molar-refractivity contribution in [3.8, 4) is 0 Å². The highest BCUT2D eigenvalue weighted by atomic mass is 19.1. The lowest BCUT2D eigenvalue weighted by Crippen LogP contribution is -2.40. The van der Waals surface area contributed by atoms with Crippen LogP contribution in [0, 0.1) is 0 Å². The van der Waals surface area contributed by atoms with E-state index in [9.17, 15) is 10.2 Å². The zero-order valence-corrected chi connectivity index (χ0v) is 16.3. The average molecular weight is 394 g/mol. The van der Waals surface area contributed by atoms with Crippen molar-refractivity contribution >= 4 is 22.9 Å². The molecular weight excluding hydrogens is 367 g/mol. The van der Waals surface area contributed by atoms with Crippen LogP contribution in [0.25, 0.3) is 11.2 Å². The molecule has 154 valence electrons. The number of nitrogens with zero attached hydrogens (tertiary/aromatic N) is 5. The van der Waals surface area contributed by atoms with E-state index >= 15 is 4.39 Å². The monoisotopic (exact) mass is 394 g/mol. The topological polar surface area (TPSA) is 109 Å². The van der Waals surface area contributed by atoms with Crippen LogP contribution in [-0.2, 0) is 4.74 Å². The summed E-state index contributed by atoms with van der Waals surface area (Å²) in [6, 6.07) is 0.414. The van der Waals surface area contributed by atoms with Gasteiger partial charge in [0.2, 0.25) is 5.95 Å². The maximum absolute atomic E-state index is 15.3. The lowest BCUT2D eigenvalue weighted by Gasteiger charge is -2.25. The molecule has 10 heteroatoms. The quantitative estimate of drug-likeness (QED) is 0.643. The number of aliphatic hydroxyl groups is 2. The van der Waals surface area contributed by atoms with Gasteiger partial charge in [0, 0.05) is 19.6 Å². The Morgan fingerprint density at radius 1 is 1.43 bits per heavy atom. The van der Waals surface area contributed by atoms with Crippen LogP contribution >= 0.6 is 0 Å². The zero-order valence-electron chi connectivity index (χ0n) is 16.3.